The highest BCUT2D eigenvalue weighted by molar-refractivity contribution is 9.11. The fraction of sp³-hybridized carbons (Fsp3) is 0.333. The zero-order valence-corrected chi connectivity index (χ0v) is 13.8. The molecule has 0 saturated carbocycles. The van der Waals surface area contributed by atoms with Crippen LogP contribution in [0.4, 0.5) is 0 Å². The van der Waals surface area contributed by atoms with Crippen LogP contribution in [0.15, 0.2) is 27.1 Å². The van der Waals surface area contributed by atoms with Gasteiger partial charge in [-0.15, -0.1) is 0 Å². The summed E-state index contributed by atoms with van der Waals surface area (Å²) in [5.41, 5.74) is -0.726. The molecular formula is C12H11Br2NO3S. The molecule has 1 heterocycles. The number of hydrogen-bond acceptors (Lipinski definition) is 3. The normalized spacial score (nSPS) is 22.2. The van der Waals surface area contributed by atoms with Gasteiger partial charge in [0.15, 0.2) is 0 Å². The summed E-state index contributed by atoms with van der Waals surface area (Å²) in [7, 11) is 0. The number of halogens is 2. The van der Waals surface area contributed by atoms with Crippen molar-refractivity contribution in [2.75, 3.05) is 11.5 Å². The highest BCUT2D eigenvalue weighted by Crippen LogP contribution is 2.29. The highest BCUT2D eigenvalue weighted by atomic mass is 79.9. The Morgan fingerprint density at radius 3 is 2.68 bits per heavy atom. The Morgan fingerprint density at radius 2 is 2.11 bits per heavy atom. The smallest absolute Gasteiger partial charge is 0.330 e. The number of carboxylic acids is 1. The van der Waals surface area contributed by atoms with Crippen LogP contribution in [0.1, 0.15) is 16.8 Å². The molecule has 1 atom stereocenters. The quantitative estimate of drug-likeness (QED) is 0.806. The molecule has 0 spiro atoms. The van der Waals surface area contributed by atoms with Crippen molar-refractivity contribution in [3.8, 4) is 0 Å². The second-order valence-electron chi connectivity index (χ2n) is 4.27. The molecule has 1 aliphatic heterocycles. The van der Waals surface area contributed by atoms with Crippen LogP contribution in [0.25, 0.3) is 0 Å². The van der Waals surface area contributed by atoms with Gasteiger partial charge in [0.05, 0.1) is 5.56 Å². The lowest BCUT2D eigenvalue weighted by Crippen LogP contribution is -2.54. The van der Waals surface area contributed by atoms with Crippen LogP contribution < -0.4 is 5.32 Å². The second-order valence-corrected chi connectivity index (χ2v) is 7.14. The maximum atomic E-state index is 12.2. The monoisotopic (exact) mass is 407 g/mol. The lowest BCUT2D eigenvalue weighted by Gasteiger charge is -2.24. The molecule has 0 aliphatic carbocycles. The highest BCUT2D eigenvalue weighted by Gasteiger charge is 2.43. The van der Waals surface area contributed by atoms with Gasteiger partial charge in [0.25, 0.3) is 5.91 Å². The number of hydrogen-bond donors (Lipinski definition) is 2. The first kappa shape index (κ1) is 14.9. The summed E-state index contributed by atoms with van der Waals surface area (Å²) in [4.78, 5) is 23.6. The third kappa shape index (κ3) is 3.14. The van der Waals surface area contributed by atoms with Crippen LogP contribution in [0.5, 0.6) is 0 Å². The van der Waals surface area contributed by atoms with Crippen molar-refractivity contribution in [2.24, 2.45) is 0 Å². The van der Waals surface area contributed by atoms with E-state index in [0.29, 0.717) is 22.2 Å². The SMILES string of the molecule is O=C(NC1(C(=O)O)CCSC1)c1cc(Br)ccc1Br. The summed E-state index contributed by atoms with van der Waals surface area (Å²) in [5, 5.41) is 12.0. The van der Waals surface area contributed by atoms with Gasteiger partial charge >= 0.3 is 5.97 Å². The van der Waals surface area contributed by atoms with Gasteiger partial charge in [-0.2, -0.15) is 11.8 Å². The number of carboxylic acid groups (broad SMARTS) is 1. The van der Waals surface area contributed by atoms with E-state index < -0.39 is 11.5 Å². The molecule has 2 rings (SSSR count). The van der Waals surface area contributed by atoms with Crippen LogP contribution in [-0.4, -0.2) is 34.0 Å². The van der Waals surface area contributed by atoms with Crippen LogP contribution >= 0.6 is 43.6 Å². The first-order valence-corrected chi connectivity index (χ1v) is 8.27. The number of benzene rings is 1. The van der Waals surface area contributed by atoms with Crippen molar-refractivity contribution < 1.29 is 14.7 Å². The number of thioether (sulfide) groups is 1. The lowest BCUT2D eigenvalue weighted by atomic mass is 9.98. The van der Waals surface area contributed by atoms with Gasteiger partial charge in [-0.05, 0) is 46.3 Å². The first-order valence-electron chi connectivity index (χ1n) is 5.53. The summed E-state index contributed by atoms with van der Waals surface area (Å²) in [6.45, 7) is 0. The molecule has 1 amide bonds. The van der Waals surface area contributed by atoms with Gasteiger partial charge in [0, 0.05) is 14.7 Å². The van der Waals surface area contributed by atoms with Gasteiger partial charge in [-0.3, -0.25) is 4.79 Å². The van der Waals surface area contributed by atoms with E-state index in [2.05, 4.69) is 37.2 Å². The summed E-state index contributed by atoms with van der Waals surface area (Å²) in [5.74, 6) is -0.207. The Balaban J connectivity index is 2.25. The predicted octanol–water partition coefficient (Wildman–Crippen LogP) is 2.90. The molecule has 19 heavy (non-hydrogen) atoms. The van der Waals surface area contributed by atoms with E-state index in [-0.39, 0.29) is 5.91 Å². The molecule has 1 fully saturated rings. The zero-order valence-electron chi connectivity index (χ0n) is 9.78. The van der Waals surface area contributed by atoms with Crippen LogP contribution in [0.3, 0.4) is 0 Å². The standard InChI is InChI=1S/C12H11Br2NO3S/c13-7-1-2-9(14)8(5-7)10(16)15-12(11(17)18)3-4-19-6-12/h1-2,5H,3-4,6H2,(H,15,16)(H,17,18). The van der Waals surface area contributed by atoms with Crippen molar-refractivity contribution in [1.29, 1.82) is 0 Å². The molecule has 1 saturated heterocycles. The minimum Gasteiger partial charge on any atom is -0.479 e. The van der Waals surface area contributed by atoms with E-state index in [1.807, 2.05) is 0 Å². The summed E-state index contributed by atoms with van der Waals surface area (Å²) in [6.07, 6.45) is 0.449. The zero-order chi connectivity index (χ0) is 14.0. The lowest BCUT2D eigenvalue weighted by molar-refractivity contribution is -0.143. The molecule has 1 aromatic rings. The molecule has 0 aromatic heterocycles. The average Bonchev–Trinajstić information content (AvgIpc) is 2.82. The van der Waals surface area contributed by atoms with Gasteiger partial charge in [0.1, 0.15) is 5.54 Å². The molecule has 2 N–H and O–H groups in total. The van der Waals surface area contributed by atoms with Crippen LogP contribution in [-0.2, 0) is 4.79 Å². The molecule has 1 unspecified atom stereocenters. The largest absolute Gasteiger partial charge is 0.479 e. The fourth-order valence-corrected chi connectivity index (χ4v) is 3.96. The average molecular weight is 409 g/mol. The number of amides is 1. The Labute approximate surface area is 131 Å². The van der Waals surface area contributed by atoms with Crippen molar-refractivity contribution in [1.82, 2.24) is 5.32 Å². The molecule has 0 radical (unpaired) electrons. The summed E-state index contributed by atoms with van der Waals surface area (Å²) < 4.78 is 1.41. The topological polar surface area (TPSA) is 66.4 Å². The molecule has 7 heteroatoms. The Hall–Kier alpha value is -0.530. The Morgan fingerprint density at radius 1 is 1.37 bits per heavy atom. The molecule has 1 aromatic carbocycles. The van der Waals surface area contributed by atoms with E-state index in [4.69, 9.17) is 0 Å². The second kappa shape index (κ2) is 5.85. The van der Waals surface area contributed by atoms with Crippen molar-refractivity contribution in [3.05, 3.63) is 32.7 Å². The number of nitrogens with one attached hydrogen (secondary N) is 1. The number of aliphatic carboxylic acids is 1. The maximum Gasteiger partial charge on any atom is 0.330 e. The molecule has 1 aliphatic rings. The van der Waals surface area contributed by atoms with E-state index in [9.17, 15) is 14.7 Å². The van der Waals surface area contributed by atoms with Crippen molar-refractivity contribution >= 4 is 55.5 Å². The molecular weight excluding hydrogens is 398 g/mol. The molecule has 102 valence electrons. The van der Waals surface area contributed by atoms with Crippen molar-refractivity contribution in [2.45, 2.75) is 12.0 Å². The van der Waals surface area contributed by atoms with E-state index in [0.717, 1.165) is 10.2 Å². The summed E-state index contributed by atoms with van der Waals surface area (Å²) >= 11 is 8.14. The van der Waals surface area contributed by atoms with Gasteiger partial charge in [0.2, 0.25) is 0 Å². The van der Waals surface area contributed by atoms with E-state index in [1.165, 1.54) is 11.8 Å². The Kier molecular flexibility index (Phi) is 4.58. The van der Waals surface area contributed by atoms with Gasteiger partial charge in [-0.1, -0.05) is 15.9 Å². The number of carbonyl (C=O) groups excluding carboxylic acids is 1. The molecule has 0 bridgehead atoms. The van der Waals surface area contributed by atoms with Gasteiger partial charge in [-0.25, -0.2) is 4.79 Å². The summed E-state index contributed by atoms with van der Waals surface area (Å²) in [6, 6.07) is 5.21. The first-order chi connectivity index (χ1) is 8.94. The predicted molar refractivity (Wildman–Crippen MR) is 81.6 cm³/mol. The minimum atomic E-state index is -1.15. The maximum absolute atomic E-state index is 12.2. The third-order valence-corrected chi connectivity index (χ3v) is 5.33. The third-order valence-electron chi connectivity index (χ3n) is 2.96. The van der Waals surface area contributed by atoms with Crippen molar-refractivity contribution in [3.63, 3.8) is 0 Å². The number of carbonyl (C=O) groups is 2. The minimum absolute atomic E-state index is 0.377. The fourth-order valence-electron chi connectivity index (χ4n) is 1.84. The van der Waals surface area contributed by atoms with E-state index in [1.54, 1.807) is 18.2 Å². The molecule has 4 nitrogen and oxygen atoms in total. The van der Waals surface area contributed by atoms with E-state index >= 15 is 0 Å². The van der Waals surface area contributed by atoms with Crippen LogP contribution in [0.2, 0.25) is 0 Å². The van der Waals surface area contributed by atoms with Gasteiger partial charge < -0.3 is 10.4 Å². The van der Waals surface area contributed by atoms with Crippen LogP contribution in [0, 0.1) is 0 Å². The Bertz CT molecular complexity index is 530. The number of rotatable bonds is 3.